The smallest absolute Gasteiger partial charge is 0.131 e. The van der Waals surface area contributed by atoms with Crippen molar-refractivity contribution in [3.8, 4) is 0 Å². The van der Waals surface area contributed by atoms with Crippen LogP contribution in [-0.4, -0.2) is 7.05 Å². The van der Waals surface area contributed by atoms with Gasteiger partial charge in [0, 0.05) is 5.56 Å². The topological polar surface area (TPSA) is 12.0 Å². The first kappa shape index (κ1) is 14.7. The van der Waals surface area contributed by atoms with Gasteiger partial charge in [0.1, 0.15) is 5.82 Å². The maximum absolute atomic E-state index is 14.4. The van der Waals surface area contributed by atoms with Crippen molar-refractivity contribution in [3.05, 3.63) is 69.5 Å². The predicted octanol–water partition coefficient (Wildman–Crippen LogP) is 4.37. The number of rotatable bonds is 3. The third-order valence-electron chi connectivity index (χ3n) is 3.85. The van der Waals surface area contributed by atoms with E-state index in [0.717, 1.165) is 0 Å². The Hall–Kier alpha value is -1.67. The highest BCUT2D eigenvalue weighted by Gasteiger charge is 2.20. The summed E-state index contributed by atoms with van der Waals surface area (Å²) < 4.78 is 14.4. The summed E-state index contributed by atoms with van der Waals surface area (Å²) in [7, 11) is 1.88. The summed E-state index contributed by atoms with van der Waals surface area (Å²) in [5, 5.41) is 3.26. The average molecular weight is 271 g/mol. The number of hydrogen-bond acceptors (Lipinski definition) is 1. The van der Waals surface area contributed by atoms with E-state index in [-0.39, 0.29) is 11.9 Å². The van der Waals surface area contributed by atoms with E-state index in [4.69, 9.17) is 0 Å². The molecule has 1 N–H and O–H groups in total. The largest absolute Gasteiger partial charge is 0.309 e. The number of hydrogen-bond donors (Lipinski definition) is 1. The van der Waals surface area contributed by atoms with Gasteiger partial charge in [-0.2, -0.15) is 0 Å². The van der Waals surface area contributed by atoms with Crippen LogP contribution in [0.25, 0.3) is 0 Å². The van der Waals surface area contributed by atoms with Gasteiger partial charge in [-0.3, -0.25) is 0 Å². The second-order valence-electron chi connectivity index (χ2n) is 5.51. The molecule has 2 aromatic rings. The Morgan fingerprint density at radius 1 is 0.950 bits per heavy atom. The summed E-state index contributed by atoms with van der Waals surface area (Å²) in [4.78, 5) is 0. The molecule has 0 heterocycles. The Morgan fingerprint density at radius 3 is 2.10 bits per heavy atom. The van der Waals surface area contributed by atoms with Crippen molar-refractivity contribution in [2.45, 2.75) is 33.7 Å². The van der Waals surface area contributed by atoms with Crippen LogP contribution in [0.2, 0.25) is 0 Å². The molecule has 0 radical (unpaired) electrons. The first-order valence-corrected chi connectivity index (χ1v) is 6.95. The molecule has 2 rings (SSSR count). The van der Waals surface area contributed by atoms with Crippen LogP contribution in [0.5, 0.6) is 0 Å². The van der Waals surface area contributed by atoms with Gasteiger partial charge in [0.05, 0.1) is 6.04 Å². The third-order valence-corrected chi connectivity index (χ3v) is 3.85. The van der Waals surface area contributed by atoms with E-state index >= 15 is 0 Å². The Balaban J connectivity index is 2.62. The monoisotopic (exact) mass is 271 g/mol. The van der Waals surface area contributed by atoms with E-state index in [2.05, 4.69) is 38.2 Å². The van der Waals surface area contributed by atoms with Gasteiger partial charge in [-0.15, -0.1) is 0 Å². The molecule has 0 aliphatic heterocycles. The van der Waals surface area contributed by atoms with Crippen LogP contribution in [0, 0.1) is 33.5 Å². The van der Waals surface area contributed by atoms with Gasteiger partial charge >= 0.3 is 0 Å². The Bertz CT molecular complexity index is 608. The summed E-state index contributed by atoms with van der Waals surface area (Å²) in [6, 6.07) is 9.77. The molecule has 1 nitrogen and oxygen atoms in total. The minimum absolute atomic E-state index is 0.115. The molecule has 106 valence electrons. The van der Waals surface area contributed by atoms with Crippen molar-refractivity contribution in [1.29, 1.82) is 0 Å². The highest BCUT2D eigenvalue weighted by molar-refractivity contribution is 5.45. The second-order valence-corrected chi connectivity index (χ2v) is 5.51. The van der Waals surface area contributed by atoms with Gasteiger partial charge in [0.15, 0.2) is 0 Å². The van der Waals surface area contributed by atoms with Crippen LogP contribution in [0.15, 0.2) is 30.3 Å². The molecule has 0 aromatic heterocycles. The van der Waals surface area contributed by atoms with Crippen molar-refractivity contribution in [2.24, 2.45) is 0 Å². The molecular formula is C18H22FN. The standard InChI is InChI=1S/C18H22FN/c1-11-9-13(3)16(14(4)10-11)18(20-5)15-8-6-7-12(2)17(15)19/h6-10,18,20H,1-5H3. The lowest BCUT2D eigenvalue weighted by molar-refractivity contribution is 0.567. The fourth-order valence-electron chi connectivity index (χ4n) is 2.99. The molecule has 2 aromatic carbocycles. The first-order chi connectivity index (χ1) is 9.45. The molecule has 0 saturated carbocycles. The summed E-state index contributed by atoms with van der Waals surface area (Å²) in [6.45, 7) is 8.08. The SMILES string of the molecule is CNC(c1cccc(C)c1F)c1c(C)cc(C)cc1C. The number of aryl methyl sites for hydroxylation is 4. The van der Waals surface area contributed by atoms with Gasteiger partial charge in [0.2, 0.25) is 0 Å². The number of nitrogens with one attached hydrogen (secondary N) is 1. The Morgan fingerprint density at radius 2 is 1.55 bits per heavy atom. The van der Waals surface area contributed by atoms with Crippen LogP contribution in [0.1, 0.15) is 39.4 Å². The van der Waals surface area contributed by atoms with Crippen LogP contribution < -0.4 is 5.32 Å². The molecule has 0 bridgehead atoms. The number of benzene rings is 2. The fourth-order valence-corrected chi connectivity index (χ4v) is 2.99. The van der Waals surface area contributed by atoms with Crippen LogP contribution in [-0.2, 0) is 0 Å². The van der Waals surface area contributed by atoms with Crippen LogP contribution in [0.3, 0.4) is 0 Å². The number of halogens is 1. The summed E-state index contributed by atoms with van der Waals surface area (Å²) in [6.07, 6.45) is 0. The zero-order valence-corrected chi connectivity index (χ0v) is 12.8. The van der Waals surface area contributed by atoms with E-state index in [0.29, 0.717) is 11.1 Å². The minimum Gasteiger partial charge on any atom is -0.309 e. The average Bonchev–Trinajstić information content (AvgIpc) is 2.37. The Kier molecular flexibility index (Phi) is 4.24. The highest BCUT2D eigenvalue weighted by atomic mass is 19.1. The summed E-state index contributed by atoms with van der Waals surface area (Å²) in [5.41, 5.74) is 6.20. The summed E-state index contributed by atoms with van der Waals surface area (Å²) in [5.74, 6) is -0.119. The highest BCUT2D eigenvalue weighted by Crippen LogP contribution is 2.30. The van der Waals surface area contributed by atoms with Crippen molar-refractivity contribution in [2.75, 3.05) is 7.05 Å². The molecule has 1 atom stereocenters. The molecule has 0 aliphatic rings. The fraction of sp³-hybridized carbons (Fsp3) is 0.333. The first-order valence-electron chi connectivity index (χ1n) is 6.95. The van der Waals surface area contributed by atoms with Crippen molar-refractivity contribution in [3.63, 3.8) is 0 Å². The quantitative estimate of drug-likeness (QED) is 0.874. The molecule has 20 heavy (non-hydrogen) atoms. The van der Waals surface area contributed by atoms with Crippen molar-refractivity contribution < 1.29 is 4.39 Å². The summed E-state index contributed by atoms with van der Waals surface area (Å²) >= 11 is 0. The minimum atomic E-state index is -0.119. The van der Waals surface area contributed by atoms with Gasteiger partial charge in [-0.25, -0.2) is 4.39 Å². The maximum atomic E-state index is 14.4. The Labute approximate surface area is 120 Å². The second kappa shape index (κ2) is 5.76. The zero-order chi connectivity index (χ0) is 14.9. The van der Waals surface area contributed by atoms with Gasteiger partial charge < -0.3 is 5.32 Å². The van der Waals surface area contributed by atoms with Gasteiger partial charge in [0.25, 0.3) is 0 Å². The van der Waals surface area contributed by atoms with E-state index in [1.807, 2.05) is 19.2 Å². The molecule has 0 saturated heterocycles. The lowest BCUT2D eigenvalue weighted by atomic mass is 9.89. The maximum Gasteiger partial charge on any atom is 0.131 e. The lowest BCUT2D eigenvalue weighted by Gasteiger charge is -2.23. The molecule has 0 fully saturated rings. The van der Waals surface area contributed by atoms with Crippen LogP contribution in [0.4, 0.5) is 4.39 Å². The predicted molar refractivity (Wildman–Crippen MR) is 82.7 cm³/mol. The van der Waals surface area contributed by atoms with Crippen molar-refractivity contribution in [1.82, 2.24) is 5.32 Å². The van der Waals surface area contributed by atoms with E-state index in [1.54, 1.807) is 13.0 Å². The van der Waals surface area contributed by atoms with Gasteiger partial charge in [-0.05, 0) is 57.0 Å². The van der Waals surface area contributed by atoms with Crippen LogP contribution >= 0.6 is 0 Å². The zero-order valence-electron chi connectivity index (χ0n) is 12.8. The lowest BCUT2D eigenvalue weighted by Crippen LogP contribution is -2.21. The molecule has 0 amide bonds. The van der Waals surface area contributed by atoms with E-state index in [1.165, 1.54) is 22.3 Å². The molecule has 0 aliphatic carbocycles. The molecule has 2 heteroatoms. The molecular weight excluding hydrogens is 249 g/mol. The van der Waals surface area contributed by atoms with Crippen molar-refractivity contribution >= 4 is 0 Å². The normalized spacial score (nSPS) is 12.5. The molecule has 0 spiro atoms. The third kappa shape index (κ3) is 2.61. The van der Waals surface area contributed by atoms with E-state index in [9.17, 15) is 4.39 Å². The van der Waals surface area contributed by atoms with Gasteiger partial charge in [-0.1, -0.05) is 35.9 Å². The molecule has 1 unspecified atom stereocenters. The van der Waals surface area contributed by atoms with E-state index < -0.39 is 0 Å².